The molecule has 1 aliphatic heterocycles. The second-order valence-electron chi connectivity index (χ2n) is 8.45. The van der Waals surface area contributed by atoms with E-state index in [9.17, 15) is 8.78 Å². The lowest BCUT2D eigenvalue weighted by atomic mass is 9.57. The monoisotopic (exact) mass is 371 g/mol. The summed E-state index contributed by atoms with van der Waals surface area (Å²) in [4.78, 5) is 0. The lowest BCUT2D eigenvalue weighted by Gasteiger charge is -2.29. The van der Waals surface area contributed by atoms with Crippen molar-refractivity contribution in [3.05, 3.63) is 65.9 Å². The number of rotatable bonds is 9. The van der Waals surface area contributed by atoms with Crippen LogP contribution in [0.15, 0.2) is 49.2 Å². The third-order valence-corrected chi connectivity index (χ3v) is 5.09. The zero-order chi connectivity index (χ0) is 20.2. The van der Waals surface area contributed by atoms with E-state index in [-0.39, 0.29) is 12.4 Å². The zero-order valence-corrected chi connectivity index (χ0v) is 17.0. The number of nitrogens with one attached hydrogen (secondary N) is 1. The van der Waals surface area contributed by atoms with E-state index in [4.69, 9.17) is 0 Å². The molecule has 0 spiro atoms. The molecule has 0 radical (unpaired) electrons. The summed E-state index contributed by atoms with van der Waals surface area (Å²) in [5.41, 5.74) is 6.73. The van der Waals surface area contributed by atoms with Crippen LogP contribution in [0.4, 0.5) is 8.78 Å². The van der Waals surface area contributed by atoms with Crippen molar-refractivity contribution >= 4 is 12.9 Å². The van der Waals surface area contributed by atoms with Crippen LogP contribution in [0.3, 0.4) is 0 Å². The van der Waals surface area contributed by atoms with Crippen LogP contribution < -0.4 is 5.32 Å². The Bertz CT molecular complexity index is 718. The lowest BCUT2D eigenvalue weighted by Crippen LogP contribution is -2.41. The van der Waals surface area contributed by atoms with Gasteiger partial charge in [-0.3, -0.25) is 0 Å². The fraction of sp³-hybridized carbons (Fsp3) is 0.478. The first-order valence-electron chi connectivity index (χ1n) is 9.80. The topological polar surface area (TPSA) is 12.0 Å². The Labute approximate surface area is 163 Å². The minimum Gasteiger partial charge on any atom is -0.393 e. The molecule has 1 aliphatic rings. The Hall–Kier alpha value is -1.84. The van der Waals surface area contributed by atoms with Gasteiger partial charge >= 0.3 is 0 Å². The molecule has 4 heteroatoms. The number of fused-ring (bicyclic) bond motifs is 1. The van der Waals surface area contributed by atoms with Gasteiger partial charge in [-0.05, 0) is 67.6 Å². The van der Waals surface area contributed by atoms with Crippen LogP contribution in [0.25, 0.3) is 5.57 Å². The molecule has 2 atom stereocenters. The van der Waals surface area contributed by atoms with Crippen molar-refractivity contribution in [2.24, 2.45) is 5.92 Å². The van der Waals surface area contributed by atoms with E-state index in [1.54, 1.807) is 0 Å². The molecule has 0 aliphatic carbocycles. The van der Waals surface area contributed by atoms with Gasteiger partial charge in [0.25, 0.3) is 5.92 Å². The molecule has 0 fully saturated rings. The van der Waals surface area contributed by atoms with Crippen LogP contribution >= 0.6 is 0 Å². The minimum absolute atomic E-state index is 0.165. The third-order valence-electron chi connectivity index (χ3n) is 5.09. The number of hydrogen-bond donors (Lipinski definition) is 1. The summed E-state index contributed by atoms with van der Waals surface area (Å²) >= 11 is 0. The summed E-state index contributed by atoms with van der Waals surface area (Å²) in [6, 6.07) is 6.40. The molecule has 1 aromatic carbocycles. The maximum absolute atomic E-state index is 13.2. The van der Waals surface area contributed by atoms with E-state index in [1.807, 2.05) is 0 Å². The fourth-order valence-corrected chi connectivity index (χ4v) is 4.17. The number of halogens is 2. The van der Waals surface area contributed by atoms with Crippen LogP contribution in [0.2, 0.25) is 0 Å². The third kappa shape index (κ3) is 6.68. The summed E-state index contributed by atoms with van der Waals surface area (Å²) in [7, 11) is 0.924. The van der Waals surface area contributed by atoms with Gasteiger partial charge in [0.1, 0.15) is 0 Å². The van der Waals surface area contributed by atoms with E-state index < -0.39 is 5.92 Å². The van der Waals surface area contributed by atoms with Crippen LogP contribution in [0.5, 0.6) is 0 Å². The van der Waals surface area contributed by atoms with Gasteiger partial charge in [0, 0.05) is 11.6 Å². The van der Waals surface area contributed by atoms with Gasteiger partial charge in [-0.15, -0.1) is 6.58 Å². The maximum atomic E-state index is 13.2. The first-order valence-corrected chi connectivity index (χ1v) is 9.80. The molecule has 1 nitrogen and oxygen atoms in total. The van der Waals surface area contributed by atoms with Gasteiger partial charge in [0.2, 0.25) is 0 Å². The smallest absolute Gasteiger partial charge is 0.250 e. The van der Waals surface area contributed by atoms with Crippen molar-refractivity contribution in [3.8, 4) is 0 Å². The van der Waals surface area contributed by atoms with Gasteiger partial charge in [0.05, 0.1) is 6.42 Å². The SMILES string of the molecule is C=C(C)CC(C)CC(=C)c1cccc2c1CBC(NC(=C)CC(C)(F)F)C2. The standard InChI is InChI=1S/C23H32BF2N/c1-15(2)10-16(3)11-17(4)20-9-7-8-19-12-22(24-14-21(19)20)27-18(5)13-23(6,25)26/h7-9,16,22,24,27H,1,4-5,10-14H2,2-3,6H3. The number of hydrogen-bond acceptors (Lipinski definition) is 1. The summed E-state index contributed by atoms with van der Waals surface area (Å²) in [5.74, 6) is -2.02. The molecule has 2 rings (SSSR count). The predicted octanol–water partition coefficient (Wildman–Crippen LogP) is 5.66. The van der Waals surface area contributed by atoms with Gasteiger partial charge in [-0.1, -0.05) is 43.9 Å². The molecule has 0 saturated heterocycles. The second-order valence-corrected chi connectivity index (χ2v) is 8.45. The molecule has 1 aromatic rings. The lowest BCUT2D eigenvalue weighted by molar-refractivity contribution is 0.0211. The fourth-order valence-electron chi connectivity index (χ4n) is 4.17. The Morgan fingerprint density at radius 3 is 2.63 bits per heavy atom. The summed E-state index contributed by atoms with van der Waals surface area (Å²) in [5, 5.41) is 3.21. The highest BCUT2D eigenvalue weighted by Crippen LogP contribution is 2.31. The van der Waals surface area contributed by atoms with Crippen molar-refractivity contribution in [2.75, 3.05) is 0 Å². The summed E-state index contributed by atoms with van der Waals surface area (Å²) in [6.45, 7) is 17.4. The molecular formula is C23H32BF2N. The first-order chi connectivity index (χ1) is 12.5. The quantitative estimate of drug-likeness (QED) is 0.436. The normalized spacial score (nSPS) is 17.4. The average molecular weight is 371 g/mol. The highest BCUT2D eigenvalue weighted by Gasteiger charge is 2.26. The Balaban J connectivity index is 2.04. The Kier molecular flexibility index (Phi) is 7.08. The highest BCUT2D eigenvalue weighted by atomic mass is 19.3. The molecule has 0 aromatic heterocycles. The van der Waals surface area contributed by atoms with Gasteiger partial charge < -0.3 is 5.32 Å². The molecule has 0 amide bonds. The van der Waals surface area contributed by atoms with Crippen molar-refractivity contribution in [2.45, 2.75) is 64.6 Å². The molecule has 0 bridgehead atoms. The van der Waals surface area contributed by atoms with E-state index in [0.717, 1.165) is 39.8 Å². The van der Waals surface area contributed by atoms with Crippen molar-refractivity contribution in [3.63, 3.8) is 0 Å². The van der Waals surface area contributed by atoms with E-state index in [1.165, 1.54) is 27.8 Å². The van der Waals surface area contributed by atoms with E-state index in [2.05, 4.69) is 57.1 Å². The molecule has 1 heterocycles. The van der Waals surface area contributed by atoms with Crippen LogP contribution in [0, 0.1) is 5.92 Å². The zero-order valence-electron chi connectivity index (χ0n) is 17.0. The molecule has 27 heavy (non-hydrogen) atoms. The van der Waals surface area contributed by atoms with Crippen molar-refractivity contribution < 1.29 is 8.78 Å². The predicted molar refractivity (Wildman–Crippen MR) is 115 cm³/mol. The first kappa shape index (κ1) is 21.5. The average Bonchev–Trinajstić information content (AvgIpc) is 2.51. The molecule has 146 valence electrons. The highest BCUT2D eigenvalue weighted by molar-refractivity contribution is 6.38. The van der Waals surface area contributed by atoms with E-state index >= 15 is 0 Å². The Morgan fingerprint density at radius 1 is 1.30 bits per heavy atom. The molecular weight excluding hydrogens is 339 g/mol. The Morgan fingerprint density at radius 2 is 2.00 bits per heavy atom. The number of allylic oxidation sites excluding steroid dienone is 3. The van der Waals surface area contributed by atoms with E-state index in [0.29, 0.717) is 11.6 Å². The van der Waals surface area contributed by atoms with Crippen LogP contribution in [-0.4, -0.2) is 19.1 Å². The van der Waals surface area contributed by atoms with Crippen molar-refractivity contribution in [1.29, 1.82) is 0 Å². The molecule has 1 N–H and O–H groups in total. The van der Waals surface area contributed by atoms with Gasteiger partial charge in [-0.2, -0.15) is 0 Å². The molecule has 0 saturated carbocycles. The number of benzene rings is 1. The van der Waals surface area contributed by atoms with Crippen LogP contribution in [-0.2, 0) is 12.7 Å². The summed E-state index contributed by atoms with van der Waals surface area (Å²) < 4.78 is 26.3. The largest absolute Gasteiger partial charge is 0.393 e. The van der Waals surface area contributed by atoms with Gasteiger partial charge in [-0.25, -0.2) is 8.78 Å². The van der Waals surface area contributed by atoms with Crippen LogP contribution in [0.1, 0.15) is 56.7 Å². The van der Waals surface area contributed by atoms with Crippen molar-refractivity contribution in [1.82, 2.24) is 5.32 Å². The van der Waals surface area contributed by atoms with Gasteiger partial charge in [0.15, 0.2) is 7.28 Å². The maximum Gasteiger partial charge on any atom is 0.250 e. The summed E-state index contributed by atoms with van der Waals surface area (Å²) in [6.07, 6.45) is 3.45. The second kappa shape index (κ2) is 8.90. The minimum atomic E-state index is -2.72. The number of alkyl halides is 2. The molecule has 2 unspecified atom stereocenters.